The highest BCUT2D eigenvalue weighted by Gasteiger charge is 2.56. The Morgan fingerprint density at radius 2 is 1.98 bits per heavy atom. The number of ether oxygens (including phenoxy) is 1. The lowest BCUT2D eigenvalue weighted by Crippen LogP contribution is -2.58. The van der Waals surface area contributed by atoms with Gasteiger partial charge in [-0.15, -0.1) is 11.3 Å². The van der Waals surface area contributed by atoms with Crippen LogP contribution in [-0.2, 0) is 9.53 Å². The number of carbonyl (C=O) groups excluding carboxylic acids is 4. The number of piperidine rings is 2. The minimum atomic E-state index is -1.11. The summed E-state index contributed by atoms with van der Waals surface area (Å²) in [7, 11) is 0. The fourth-order valence-electron chi connectivity index (χ4n) is 5.82. The molecule has 0 bridgehead atoms. The fourth-order valence-corrected chi connectivity index (χ4v) is 6.84. The average molecular weight is 569 g/mol. The molecule has 2 N–H and O–H groups in total. The smallest absolute Gasteiger partial charge is 0.418 e. The van der Waals surface area contributed by atoms with Crippen molar-refractivity contribution in [2.24, 2.45) is 0 Å². The summed E-state index contributed by atoms with van der Waals surface area (Å²) in [6.07, 6.45) is 3.93. The molecule has 2 aromatic heterocycles. The van der Waals surface area contributed by atoms with Gasteiger partial charge in [0.1, 0.15) is 5.00 Å². The van der Waals surface area contributed by atoms with Gasteiger partial charge in [-0.05, 0) is 71.2 Å². The van der Waals surface area contributed by atoms with Crippen molar-refractivity contribution < 1.29 is 23.9 Å². The van der Waals surface area contributed by atoms with Gasteiger partial charge in [0.05, 0.1) is 16.1 Å². The lowest BCUT2D eigenvalue weighted by Gasteiger charge is -2.44. The van der Waals surface area contributed by atoms with Gasteiger partial charge in [-0.25, -0.2) is 14.5 Å². The molecule has 1 unspecified atom stereocenters. The molecule has 3 aliphatic heterocycles. The Morgan fingerprint density at radius 3 is 2.62 bits per heavy atom. The van der Waals surface area contributed by atoms with Crippen molar-refractivity contribution in [3.8, 4) is 10.6 Å². The Labute approximate surface area is 237 Å². The van der Waals surface area contributed by atoms with Crippen LogP contribution in [0.2, 0.25) is 0 Å². The summed E-state index contributed by atoms with van der Waals surface area (Å²) in [5.41, 5.74) is 0.0797. The van der Waals surface area contributed by atoms with Crippen LogP contribution in [0.3, 0.4) is 0 Å². The predicted molar refractivity (Wildman–Crippen MR) is 151 cm³/mol. The molecule has 1 atom stereocenters. The number of thiophene rings is 1. The summed E-state index contributed by atoms with van der Waals surface area (Å²) in [6, 6.07) is 6.97. The van der Waals surface area contributed by atoms with Gasteiger partial charge in [0.25, 0.3) is 11.8 Å². The van der Waals surface area contributed by atoms with Gasteiger partial charge in [-0.1, -0.05) is 6.07 Å². The van der Waals surface area contributed by atoms with E-state index >= 15 is 0 Å². The first kappa shape index (κ1) is 28.0. The van der Waals surface area contributed by atoms with Crippen molar-refractivity contribution in [3.63, 3.8) is 0 Å². The zero-order chi connectivity index (χ0) is 28.4. The number of amides is 5. The van der Waals surface area contributed by atoms with Gasteiger partial charge in [0, 0.05) is 44.5 Å². The molecule has 2 aromatic rings. The molecule has 3 saturated heterocycles. The van der Waals surface area contributed by atoms with Crippen LogP contribution < -0.4 is 10.6 Å². The highest BCUT2D eigenvalue weighted by Crippen LogP contribution is 2.38. The molecule has 3 fully saturated rings. The molecular formula is C28H36N6O5S. The quantitative estimate of drug-likeness (QED) is 0.544. The molecule has 0 aromatic carbocycles. The number of anilines is 1. The summed E-state index contributed by atoms with van der Waals surface area (Å²) in [5.74, 6) is -0.371. The van der Waals surface area contributed by atoms with E-state index in [0.717, 1.165) is 36.4 Å². The number of carbonyl (C=O) groups is 4. The second-order valence-electron chi connectivity index (χ2n) is 10.8. The lowest BCUT2D eigenvalue weighted by molar-refractivity contribution is -0.143. The molecule has 5 rings (SSSR count). The fraction of sp³-hybridized carbons (Fsp3) is 0.536. The number of rotatable bonds is 6. The van der Waals surface area contributed by atoms with E-state index in [4.69, 9.17) is 4.74 Å². The van der Waals surface area contributed by atoms with Crippen molar-refractivity contribution in [1.29, 1.82) is 0 Å². The molecule has 11 nitrogen and oxygen atoms in total. The third kappa shape index (κ3) is 5.42. The number of hydrogen-bond acceptors (Lipinski definition) is 8. The Morgan fingerprint density at radius 1 is 1.20 bits per heavy atom. The van der Waals surface area contributed by atoms with Crippen LogP contribution in [0.15, 0.2) is 30.5 Å². The minimum absolute atomic E-state index is 0.133. The zero-order valence-electron chi connectivity index (χ0n) is 23.1. The third-order valence-electron chi connectivity index (χ3n) is 7.80. The van der Waals surface area contributed by atoms with Crippen molar-refractivity contribution in [2.75, 3.05) is 38.0 Å². The first-order valence-corrected chi connectivity index (χ1v) is 14.7. The van der Waals surface area contributed by atoms with Gasteiger partial charge in [0.2, 0.25) is 5.60 Å². The van der Waals surface area contributed by atoms with Gasteiger partial charge < -0.3 is 15.0 Å². The van der Waals surface area contributed by atoms with E-state index < -0.39 is 11.7 Å². The van der Waals surface area contributed by atoms with Crippen molar-refractivity contribution in [1.82, 2.24) is 25.0 Å². The number of nitrogens with one attached hydrogen (secondary N) is 2. The minimum Gasteiger partial charge on any atom is -0.431 e. The van der Waals surface area contributed by atoms with Gasteiger partial charge in [-0.3, -0.25) is 24.8 Å². The molecule has 5 heterocycles. The molecule has 5 amide bonds. The number of imide groups is 1. The third-order valence-corrected chi connectivity index (χ3v) is 8.87. The van der Waals surface area contributed by atoms with Crippen molar-refractivity contribution in [3.05, 3.63) is 36.0 Å². The average Bonchev–Trinajstić information content (AvgIpc) is 3.46. The monoisotopic (exact) mass is 568 g/mol. The second-order valence-corrected chi connectivity index (χ2v) is 11.8. The molecule has 214 valence electrons. The number of hydrogen-bond donors (Lipinski definition) is 2. The number of urea groups is 1. The van der Waals surface area contributed by atoms with Gasteiger partial charge >= 0.3 is 12.1 Å². The summed E-state index contributed by atoms with van der Waals surface area (Å²) >= 11 is 1.33. The Hall–Kier alpha value is -3.51. The summed E-state index contributed by atoms with van der Waals surface area (Å²) in [4.78, 5) is 62.1. The molecule has 0 radical (unpaired) electrons. The van der Waals surface area contributed by atoms with E-state index in [1.54, 1.807) is 12.3 Å². The van der Waals surface area contributed by atoms with Crippen molar-refractivity contribution >= 4 is 40.3 Å². The number of likely N-dealkylation sites (tertiary alicyclic amines) is 2. The zero-order valence-corrected chi connectivity index (χ0v) is 24.0. The molecule has 0 saturated carbocycles. The number of pyridine rings is 1. The maximum absolute atomic E-state index is 13.7. The largest absolute Gasteiger partial charge is 0.431 e. The summed E-state index contributed by atoms with van der Waals surface area (Å²) in [6.45, 7) is 8.25. The Kier molecular flexibility index (Phi) is 8.09. The first-order chi connectivity index (χ1) is 19.2. The van der Waals surface area contributed by atoms with E-state index in [-0.39, 0.29) is 29.9 Å². The van der Waals surface area contributed by atoms with E-state index in [9.17, 15) is 19.2 Å². The van der Waals surface area contributed by atoms with Gasteiger partial charge in [0.15, 0.2) is 0 Å². The first-order valence-electron chi connectivity index (χ1n) is 13.9. The lowest BCUT2D eigenvalue weighted by atomic mass is 9.89. The summed E-state index contributed by atoms with van der Waals surface area (Å²) in [5, 5.41) is 6.05. The van der Waals surface area contributed by atoms with Crippen LogP contribution in [0.25, 0.3) is 10.6 Å². The molecule has 40 heavy (non-hydrogen) atoms. The van der Waals surface area contributed by atoms with Crippen LogP contribution in [0.4, 0.5) is 14.6 Å². The maximum atomic E-state index is 13.7. The highest BCUT2D eigenvalue weighted by atomic mass is 32.1. The van der Waals surface area contributed by atoms with Crippen LogP contribution in [0, 0.1) is 0 Å². The van der Waals surface area contributed by atoms with E-state index in [1.807, 2.05) is 43.9 Å². The number of nitrogens with zero attached hydrogens (tertiary/aromatic N) is 4. The molecular weight excluding hydrogens is 532 g/mol. The molecule has 1 spiro atoms. The van der Waals surface area contributed by atoms with Crippen LogP contribution >= 0.6 is 11.3 Å². The standard InChI is InChI=1S/C28H36N6O5S/c1-4-29-26(37)31-23-20(16-22(40-23)21-8-5-6-12-30-21)24(35)32-14-9-19(10-15-32)33-13-7-11-28(17-33)25(36)34(18(2)3)27(38)39-28/h5-6,8,12,16,18-19H,4,7,9-11,13-15,17H2,1-3H3,(H2,29,31,37). The summed E-state index contributed by atoms with van der Waals surface area (Å²) < 4.78 is 5.70. The predicted octanol–water partition coefficient (Wildman–Crippen LogP) is 3.78. The second kappa shape index (κ2) is 11.5. The van der Waals surface area contributed by atoms with Crippen molar-refractivity contribution in [2.45, 2.75) is 64.1 Å². The van der Waals surface area contributed by atoms with Crippen LogP contribution in [0.1, 0.15) is 56.8 Å². The van der Waals surface area contributed by atoms with Crippen LogP contribution in [-0.4, -0.2) is 94.0 Å². The maximum Gasteiger partial charge on any atom is 0.418 e. The van der Waals surface area contributed by atoms with E-state index in [0.29, 0.717) is 43.2 Å². The molecule has 3 aliphatic rings. The van der Waals surface area contributed by atoms with E-state index in [1.165, 1.54) is 16.2 Å². The Balaban J connectivity index is 1.27. The normalized spacial score (nSPS) is 22.2. The SMILES string of the molecule is CCNC(=O)Nc1sc(-c2ccccn2)cc1C(=O)N1CCC(N2CCCC3(C2)OC(=O)N(C(C)C)C3=O)CC1. The van der Waals surface area contributed by atoms with Crippen LogP contribution in [0.5, 0.6) is 0 Å². The number of aromatic nitrogens is 1. The Bertz CT molecular complexity index is 1280. The molecule has 12 heteroatoms. The van der Waals surface area contributed by atoms with Gasteiger partial charge in [-0.2, -0.15) is 0 Å². The molecule has 0 aliphatic carbocycles. The van der Waals surface area contributed by atoms with E-state index in [2.05, 4.69) is 20.5 Å². The highest BCUT2D eigenvalue weighted by molar-refractivity contribution is 7.20. The topological polar surface area (TPSA) is 124 Å².